The number of hydrogen-bond donors (Lipinski definition) is 2. The van der Waals surface area contributed by atoms with Gasteiger partial charge in [-0.05, 0) is 29.8 Å². The predicted molar refractivity (Wildman–Crippen MR) is 117 cm³/mol. The molecule has 1 amide bonds. The quantitative estimate of drug-likeness (QED) is 0.386. The van der Waals surface area contributed by atoms with E-state index in [0.29, 0.717) is 5.56 Å². The van der Waals surface area contributed by atoms with Gasteiger partial charge < -0.3 is 10.6 Å². The molecule has 0 spiro atoms. The molecule has 0 fully saturated rings. The molecule has 2 N–H and O–H groups in total. The summed E-state index contributed by atoms with van der Waals surface area (Å²) >= 11 is 15.4. The summed E-state index contributed by atoms with van der Waals surface area (Å²) < 4.78 is 43.0. The molecule has 2 heterocycles. The Morgan fingerprint density at radius 2 is 1.81 bits per heavy atom. The second kappa shape index (κ2) is 8.37. The van der Waals surface area contributed by atoms with Crippen LogP contribution in [0.1, 0.15) is 34.6 Å². The Hall–Kier alpha value is -2.23. The number of nitrogens with one attached hydrogen (secondary N) is 2. The fourth-order valence-corrected chi connectivity index (χ4v) is 4.15. The molecule has 0 unspecified atom stereocenters. The second-order valence-electron chi connectivity index (χ2n) is 6.95. The molecule has 0 saturated heterocycles. The zero-order chi connectivity index (χ0) is 22.3. The standard InChI is InChI=1S/C20H14BrCl2F3N4O/c21-11-6-4-10(5-7-11)14-8-16(20(24,25)26)30-17(27-14)9-15(29-30)19(31)28-18-12(22)2-1-3-13(18)23/h1-7,9,14,16,27H,8H2,(H,28,31)/t14-,16+/m1/s1. The lowest BCUT2D eigenvalue weighted by Crippen LogP contribution is -2.35. The van der Waals surface area contributed by atoms with E-state index in [1.54, 1.807) is 30.3 Å². The van der Waals surface area contributed by atoms with E-state index in [1.165, 1.54) is 18.2 Å². The molecule has 1 aliphatic rings. The van der Waals surface area contributed by atoms with E-state index in [4.69, 9.17) is 23.2 Å². The Balaban J connectivity index is 1.66. The Kier molecular flexibility index (Phi) is 5.93. The number of halogens is 6. The van der Waals surface area contributed by atoms with Gasteiger partial charge in [0.15, 0.2) is 11.7 Å². The van der Waals surface area contributed by atoms with Crippen molar-refractivity contribution in [3.05, 3.63) is 74.3 Å². The van der Waals surface area contributed by atoms with Gasteiger partial charge >= 0.3 is 6.18 Å². The molecule has 0 radical (unpaired) electrons. The maximum absolute atomic E-state index is 13.8. The number of alkyl halides is 3. The second-order valence-corrected chi connectivity index (χ2v) is 8.68. The summed E-state index contributed by atoms with van der Waals surface area (Å²) in [4.78, 5) is 12.7. The molecule has 4 rings (SSSR count). The van der Waals surface area contributed by atoms with Crippen LogP contribution in [0.25, 0.3) is 0 Å². The molecule has 5 nitrogen and oxygen atoms in total. The number of benzene rings is 2. The number of para-hydroxylation sites is 1. The summed E-state index contributed by atoms with van der Waals surface area (Å²) in [6.07, 6.45) is -4.81. The monoisotopic (exact) mass is 532 g/mol. The third-order valence-corrected chi connectivity index (χ3v) is 6.05. The maximum atomic E-state index is 13.8. The van der Waals surface area contributed by atoms with Crippen LogP contribution in [0.3, 0.4) is 0 Å². The van der Waals surface area contributed by atoms with Crippen LogP contribution >= 0.6 is 39.1 Å². The van der Waals surface area contributed by atoms with E-state index in [2.05, 4.69) is 31.7 Å². The van der Waals surface area contributed by atoms with Crippen molar-refractivity contribution in [1.29, 1.82) is 0 Å². The average Bonchev–Trinajstić information content (AvgIpc) is 3.14. The number of carbonyl (C=O) groups excluding carboxylic acids is 1. The fraction of sp³-hybridized carbons (Fsp3) is 0.200. The highest BCUT2D eigenvalue weighted by Gasteiger charge is 2.46. The van der Waals surface area contributed by atoms with E-state index < -0.39 is 24.2 Å². The Labute approximate surface area is 193 Å². The van der Waals surface area contributed by atoms with E-state index in [-0.39, 0.29) is 33.7 Å². The number of carbonyl (C=O) groups is 1. The van der Waals surface area contributed by atoms with Gasteiger partial charge in [0.25, 0.3) is 5.91 Å². The van der Waals surface area contributed by atoms with Crippen molar-refractivity contribution in [2.45, 2.75) is 24.7 Å². The SMILES string of the molecule is O=C(Nc1c(Cl)cccc1Cl)c1cc2n(n1)[C@H](C(F)(F)F)C[C@H](c1ccc(Br)cc1)N2. The third kappa shape index (κ3) is 4.53. The van der Waals surface area contributed by atoms with Crippen LogP contribution in [-0.2, 0) is 0 Å². The number of fused-ring (bicyclic) bond motifs is 1. The molecule has 0 bridgehead atoms. The molecule has 0 saturated carbocycles. The lowest BCUT2D eigenvalue weighted by atomic mass is 9.97. The van der Waals surface area contributed by atoms with Gasteiger partial charge in [0.05, 0.1) is 21.8 Å². The molecule has 162 valence electrons. The first-order chi connectivity index (χ1) is 14.6. The van der Waals surface area contributed by atoms with Gasteiger partial charge in [0.1, 0.15) is 5.82 Å². The number of hydrogen-bond acceptors (Lipinski definition) is 3. The van der Waals surface area contributed by atoms with Crippen LogP contribution in [0.4, 0.5) is 24.7 Å². The Morgan fingerprint density at radius 1 is 1.16 bits per heavy atom. The van der Waals surface area contributed by atoms with E-state index >= 15 is 0 Å². The lowest BCUT2D eigenvalue weighted by Gasteiger charge is -2.33. The zero-order valence-electron chi connectivity index (χ0n) is 15.6. The first-order valence-electron chi connectivity index (χ1n) is 9.07. The molecule has 2 aromatic carbocycles. The van der Waals surface area contributed by atoms with Crippen molar-refractivity contribution in [1.82, 2.24) is 9.78 Å². The maximum Gasteiger partial charge on any atom is 0.410 e. The highest BCUT2D eigenvalue weighted by molar-refractivity contribution is 9.10. The minimum atomic E-state index is -4.55. The smallest absolute Gasteiger partial charge is 0.363 e. The minimum absolute atomic E-state index is 0.0944. The number of anilines is 2. The van der Waals surface area contributed by atoms with Crippen molar-refractivity contribution in [2.75, 3.05) is 10.6 Å². The first-order valence-corrected chi connectivity index (χ1v) is 10.6. The van der Waals surface area contributed by atoms with Crippen LogP contribution < -0.4 is 10.6 Å². The molecule has 2 atom stereocenters. The summed E-state index contributed by atoms with van der Waals surface area (Å²) in [7, 11) is 0. The largest absolute Gasteiger partial charge is 0.410 e. The van der Waals surface area contributed by atoms with Gasteiger partial charge in [0, 0.05) is 17.0 Å². The summed E-state index contributed by atoms with van der Waals surface area (Å²) in [5.41, 5.74) is 0.665. The zero-order valence-corrected chi connectivity index (χ0v) is 18.6. The van der Waals surface area contributed by atoms with E-state index in [0.717, 1.165) is 9.15 Å². The van der Waals surface area contributed by atoms with Crippen molar-refractivity contribution >= 4 is 56.5 Å². The third-order valence-electron chi connectivity index (χ3n) is 4.90. The van der Waals surface area contributed by atoms with Crippen LogP contribution in [0.2, 0.25) is 10.0 Å². The fourth-order valence-electron chi connectivity index (χ4n) is 3.39. The van der Waals surface area contributed by atoms with Crippen molar-refractivity contribution in [3.8, 4) is 0 Å². The van der Waals surface area contributed by atoms with Gasteiger partial charge in [-0.25, -0.2) is 4.68 Å². The van der Waals surface area contributed by atoms with E-state index in [9.17, 15) is 18.0 Å². The molecule has 3 aromatic rings. The number of nitrogens with zero attached hydrogens (tertiary/aromatic N) is 2. The van der Waals surface area contributed by atoms with Crippen LogP contribution in [0.5, 0.6) is 0 Å². The van der Waals surface area contributed by atoms with Crippen molar-refractivity contribution in [2.24, 2.45) is 0 Å². The van der Waals surface area contributed by atoms with Crippen molar-refractivity contribution < 1.29 is 18.0 Å². The van der Waals surface area contributed by atoms with Crippen LogP contribution in [0.15, 0.2) is 53.0 Å². The predicted octanol–water partition coefficient (Wildman–Crippen LogP) is 6.87. The number of aromatic nitrogens is 2. The highest BCUT2D eigenvalue weighted by Crippen LogP contribution is 2.44. The normalized spacial score (nSPS) is 18.3. The summed E-state index contributed by atoms with van der Waals surface area (Å²) in [5.74, 6) is -0.628. The van der Waals surface area contributed by atoms with Crippen molar-refractivity contribution in [3.63, 3.8) is 0 Å². The van der Waals surface area contributed by atoms with Gasteiger partial charge in [-0.15, -0.1) is 0 Å². The van der Waals surface area contributed by atoms with Crippen LogP contribution in [0, 0.1) is 0 Å². The van der Waals surface area contributed by atoms with Gasteiger partial charge in [-0.1, -0.05) is 57.3 Å². The molecule has 11 heteroatoms. The molecule has 0 aliphatic carbocycles. The summed E-state index contributed by atoms with van der Waals surface area (Å²) in [5, 5.41) is 9.89. The summed E-state index contributed by atoms with van der Waals surface area (Å²) in [6, 6.07) is 10.5. The average molecular weight is 534 g/mol. The number of amides is 1. The molecular weight excluding hydrogens is 520 g/mol. The topological polar surface area (TPSA) is 59.0 Å². The first kappa shape index (κ1) is 22.0. The minimum Gasteiger partial charge on any atom is -0.363 e. The van der Waals surface area contributed by atoms with Crippen LogP contribution in [-0.4, -0.2) is 21.9 Å². The molecule has 1 aromatic heterocycles. The molecular formula is C20H14BrCl2F3N4O. The van der Waals surface area contributed by atoms with Gasteiger partial charge in [-0.3, -0.25) is 4.79 Å². The molecule has 1 aliphatic heterocycles. The Morgan fingerprint density at radius 3 is 2.42 bits per heavy atom. The van der Waals surface area contributed by atoms with E-state index in [1.807, 2.05) is 0 Å². The Bertz CT molecular complexity index is 1110. The number of rotatable bonds is 3. The highest BCUT2D eigenvalue weighted by atomic mass is 79.9. The molecule has 31 heavy (non-hydrogen) atoms. The van der Waals surface area contributed by atoms with Gasteiger partial charge in [-0.2, -0.15) is 18.3 Å². The summed E-state index contributed by atoms with van der Waals surface area (Å²) in [6.45, 7) is 0. The lowest BCUT2D eigenvalue weighted by molar-refractivity contribution is -0.173. The van der Waals surface area contributed by atoms with Gasteiger partial charge in [0.2, 0.25) is 0 Å².